The van der Waals surface area contributed by atoms with Crippen LogP contribution in [-0.4, -0.2) is 119 Å². The molecule has 0 aliphatic heterocycles. The van der Waals surface area contributed by atoms with E-state index in [1.807, 2.05) is 0 Å². The average Bonchev–Trinajstić information content (AvgIpc) is 3.40. The highest BCUT2D eigenvalue weighted by Gasteiger charge is 2.19. The zero-order chi connectivity index (χ0) is 55.5. The van der Waals surface area contributed by atoms with E-state index in [4.69, 9.17) is 0 Å². The van der Waals surface area contributed by atoms with Crippen molar-refractivity contribution < 1.29 is 20.4 Å². The number of allylic oxidation sites excluding steroid dienone is 16. The van der Waals surface area contributed by atoms with Gasteiger partial charge in [-0.05, 0) is 135 Å². The second-order valence-corrected chi connectivity index (χ2v) is 22.3. The Morgan fingerprint density at radius 3 is 0.684 bits per heavy atom. The highest BCUT2D eigenvalue weighted by molar-refractivity contribution is 4.95. The molecule has 0 aliphatic carbocycles. The van der Waals surface area contributed by atoms with Gasteiger partial charge in [0.2, 0.25) is 0 Å². The Bertz CT molecular complexity index is 1220. The maximum atomic E-state index is 11.3. The van der Waals surface area contributed by atoms with Gasteiger partial charge in [0.05, 0.1) is 24.4 Å². The topological polar surface area (TPSA) is 90.6 Å². The van der Waals surface area contributed by atoms with Gasteiger partial charge in [0, 0.05) is 52.4 Å². The van der Waals surface area contributed by atoms with Crippen LogP contribution in [0.25, 0.3) is 0 Å². The first-order valence-corrected chi connectivity index (χ1v) is 32.3. The fourth-order valence-corrected chi connectivity index (χ4v) is 9.40. The monoisotopic (exact) mass is 1060 g/mol. The van der Waals surface area contributed by atoms with Crippen LogP contribution in [0.3, 0.4) is 0 Å². The maximum absolute atomic E-state index is 11.3. The van der Waals surface area contributed by atoms with Gasteiger partial charge >= 0.3 is 0 Å². The fraction of sp³-hybridized carbons (Fsp3) is 0.768. The van der Waals surface area contributed by atoms with Gasteiger partial charge in [-0.15, -0.1) is 0 Å². The minimum Gasteiger partial charge on any atom is -0.392 e. The minimum absolute atomic E-state index is 0.411. The summed E-state index contributed by atoms with van der Waals surface area (Å²) < 4.78 is 0. The van der Waals surface area contributed by atoms with E-state index in [1.165, 1.54) is 77.0 Å². The molecule has 4 unspecified atom stereocenters. The number of unbranched alkanes of at least 4 members (excludes halogenated alkanes) is 20. The SMILES string of the molecule is CCCC/C=C\C/C=C\CCCCCC(O)CN(CCN(C)CCN(CC(O)CCCCC/C=C\C/C=C\CCCC)CC(O)CCCCC/C=C\C/C=C\CCCC)CC(O)CCCCC/C=C\C/C=C\CCCC. The predicted molar refractivity (Wildman–Crippen MR) is 336 cm³/mol. The van der Waals surface area contributed by atoms with Crippen LogP contribution in [0.15, 0.2) is 97.2 Å². The van der Waals surface area contributed by atoms with Crippen LogP contribution < -0.4 is 0 Å². The number of nitrogens with zero attached hydrogens (tertiary/aromatic N) is 3. The summed E-state index contributed by atoms with van der Waals surface area (Å²) in [7, 11) is 2.17. The van der Waals surface area contributed by atoms with E-state index in [2.05, 4.69) is 147 Å². The summed E-state index contributed by atoms with van der Waals surface area (Å²) in [6.07, 6.45) is 74.6. The molecule has 4 atom stereocenters. The summed E-state index contributed by atoms with van der Waals surface area (Å²) in [5.74, 6) is 0. The van der Waals surface area contributed by atoms with Crippen LogP contribution in [0.2, 0.25) is 0 Å². The number of aliphatic hydroxyl groups is 4. The van der Waals surface area contributed by atoms with E-state index in [0.29, 0.717) is 26.2 Å². The Kier molecular flexibility index (Phi) is 58.4. The molecular formula is C69H127N3O4. The van der Waals surface area contributed by atoms with Crippen LogP contribution in [0.4, 0.5) is 0 Å². The first-order chi connectivity index (χ1) is 37.2. The molecule has 0 bridgehead atoms. The number of likely N-dealkylation sites (N-methyl/N-ethyl adjacent to an activating group) is 1. The van der Waals surface area contributed by atoms with Crippen molar-refractivity contribution in [2.24, 2.45) is 0 Å². The highest BCUT2D eigenvalue weighted by Crippen LogP contribution is 2.15. The molecule has 0 radical (unpaired) electrons. The molecule has 7 nitrogen and oxygen atoms in total. The third-order valence-electron chi connectivity index (χ3n) is 14.4. The van der Waals surface area contributed by atoms with Gasteiger partial charge in [0.15, 0.2) is 0 Å². The van der Waals surface area contributed by atoms with Crippen molar-refractivity contribution in [3.05, 3.63) is 97.2 Å². The summed E-state index contributed by atoms with van der Waals surface area (Å²) in [5.41, 5.74) is 0. The van der Waals surface area contributed by atoms with Gasteiger partial charge in [-0.1, -0.05) is 228 Å². The molecule has 0 spiro atoms. The predicted octanol–water partition coefficient (Wildman–Crippen LogP) is 17.5. The Hall–Kier alpha value is -2.36. The summed E-state index contributed by atoms with van der Waals surface area (Å²) >= 11 is 0. The first kappa shape index (κ1) is 73.6. The molecule has 0 fully saturated rings. The van der Waals surface area contributed by atoms with Gasteiger partial charge in [-0.3, -0.25) is 9.80 Å². The Morgan fingerprint density at radius 2 is 0.474 bits per heavy atom. The molecule has 0 amide bonds. The van der Waals surface area contributed by atoms with Crippen molar-refractivity contribution >= 4 is 0 Å². The third kappa shape index (κ3) is 56.4. The fourth-order valence-electron chi connectivity index (χ4n) is 9.40. The molecule has 0 aromatic carbocycles. The van der Waals surface area contributed by atoms with Crippen LogP contribution in [-0.2, 0) is 0 Å². The number of rotatable bonds is 58. The van der Waals surface area contributed by atoms with Crippen molar-refractivity contribution in [1.29, 1.82) is 0 Å². The van der Waals surface area contributed by atoms with Crippen molar-refractivity contribution in [2.75, 3.05) is 59.4 Å². The van der Waals surface area contributed by atoms with E-state index < -0.39 is 24.4 Å². The lowest BCUT2D eigenvalue weighted by Gasteiger charge is -2.31. The zero-order valence-corrected chi connectivity index (χ0v) is 50.8. The van der Waals surface area contributed by atoms with Gasteiger partial charge < -0.3 is 25.3 Å². The lowest BCUT2D eigenvalue weighted by molar-refractivity contribution is 0.0492. The molecular weight excluding hydrogens is 935 g/mol. The first-order valence-electron chi connectivity index (χ1n) is 32.3. The molecule has 0 saturated heterocycles. The number of hydrogen-bond donors (Lipinski definition) is 4. The van der Waals surface area contributed by atoms with Crippen LogP contribution in [0.1, 0.15) is 259 Å². The Balaban J connectivity index is 5.37. The Labute approximate surface area is 472 Å². The molecule has 0 aromatic rings. The summed E-state index contributed by atoms with van der Waals surface area (Å²) in [6.45, 7) is 14.5. The van der Waals surface area contributed by atoms with Crippen molar-refractivity contribution in [2.45, 2.75) is 283 Å². The highest BCUT2D eigenvalue weighted by atomic mass is 16.3. The summed E-state index contributed by atoms with van der Waals surface area (Å²) in [4.78, 5) is 6.95. The maximum Gasteiger partial charge on any atom is 0.0667 e. The van der Waals surface area contributed by atoms with Crippen molar-refractivity contribution in [1.82, 2.24) is 14.7 Å². The van der Waals surface area contributed by atoms with E-state index in [9.17, 15) is 20.4 Å². The van der Waals surface area contributed by atoms with Gasteiger partial charge in [-0.25, -0.2) is 0 Å². The normalized spacial score (nSPS) is 14.6. The van der Waals surface area contributed by atoms with E-state index in [1.54, 1.807) is 0 Å². The van der Waals surface area contributed by atoms with Crippen LogP contribution >= 0.6 is 0 Å². The third-order valence-corrected chi connectivity index (χ3v) is 14.4. The second kappa shape index (κ2) is 60.3. The van der Waals surface area contributed by atoms with E-state index in [0.717, 1.165) is 180 Å². The molecule has 0 rings (SSSR count). The number of aliphatic hydroxyl groups excluding tert-OH is 4. The van der Waals surface area contributed by atoms with Crippen molar-refractivity contribution in [3.63, 3.8) is 0 Å². The van der Waals surface area contributed by atoms with Gasteiger partial charge in [0.1, 0.15) is 0 Å². The van der Waals surface area contributed by atoms with E-state index in [-0.39, 0.29) is 0 Å². The molecule has 0 aromatic heterocycles. The molecule has 7 heteroatoms. The van der Waals surface area contributed by atoms with Crippen LogP contribution in [0, 0.1) is 0 Å². The largest absolute Gasteiger partial charge is 0.392 e. The average molecular weight is 1060 g/mol. The molecule has 0 heterocycles. The zero-order valence-electron chi connectivity index (χ0n) is 50.8. The minimum atomic E-state index is -0.411. The smallest absolute Gasteiger partial charge is 0.0667 e. The quantitative estimate of drug-likeness (QED) is 0.0356. The van der Waals surface area contributed by atoms with Crippen molar-refractivity contribution in [3.8, 4) is 0 Å². The van der Waals surface area contributed by atoms with Crippen LogP contribution in [0.5, 0.6) is 0 Å². The van der Waals surface area contributed by atoms with Gasteiger partial charge in [-0.2, -0.15) is 0 Å². The summed E-state index contributed by atoms with van der Waals surface area (Å²) in [6, 6.07) is 0. The molecule has 0 aliphatic rings. The molecule has 4 N–H and O–H groups in total. The standard InChI is InChI=1S/C69H127N3O4/c1-6-10-14-18-22-26-30-34-38-42-46-50-54-66(73)62-71(63-67(74)55-51-47-43-39-35-31-27-23-19-15-11-7-2)60-58-70(5)59-61-72(64-68(75)56-52-48-44-40-36-32-28-24-20-16-12-8-3)65-69(76)57-53-49-45-41-37-33-29-25-21-17-13-9-4/h18-25,30-37,66-69,73-76H,6-17,26-29,38-65H2,1-5H3/b22-18-,23-19-,24-20-,25-21-,34-30-,35-31-,36-32-,37-33-. The lowest BCUT2D eigenvalue weighted by Crippen LogP contribution is -2.44. The Morgan fingerprint density at radius 1 is 0.263 bits per heavy atom. The molecule has 76 heavy (non-hydrogen) atoms. The second-order valence-electron chi connectivity index (χ2n) is 22.3. The van der Waals surface area contributed by atoms with Gasteiger partial charge in [0.25, 0.3) is 0 Å². The lowest BCUT2D eigenvalue weighted by atomic mass is 10.1. The molecule has 442 valence electrons. The molecule has 0 saturated carbocycles. The number of hydrogen-bond acceptors (Lipinski definition) is 7. The summed E-state index contributed by atoms with van der Waals surface area (Å²) in [5, 5.41) is 45.2. The van der Waals surface area contributed by atoms with E-state index >= 15 is 0 Å².